The van der Waals surface area contributed by atoms with Crippen molar-refractivity contribution in [3.63, 3.8) is 0 Å². The van der Waals surface area contributed by atoms with E-state index in [0.717, 1.165) is 35.1 Å². The minimum absolute atomic E-state index is 0.542. The number of methoxy groups -OCH3 is 2. The van der Waals surface area contributed by atoms with E-state index in [2.05, 4.69) is 33.8 Å². The van der Waals surface area contributed by atoms with Gasteiger partial charge < -0.3 is 24.8 Å². The van der Waals surface area contributed by atoms with E-state index in [0.29, 0.717) is 26.3 Å². The van der Waals surface area contributed by atoms with Crippen molar-refractivity contribution in [3.8, 4) is 11.5 Å². The maximum Gasteiger partial charge on any atom is 0.191 e. The zero-order chi connectivity index (χ0) is 19.3. The first-order chi connectivity index (χ1) is 13.2. The highest BCUT2D eigenvalue weighted by Crippen LogP contribution is 2.16. The Morgan fingerprint density at radius 2 is 1.70 bits per heavy atom. The minimum Gasteiger partial charge on any atom is -0.497 e. The van der Waals surface area contributed by atoms with E-state index in [1.807, 2.05) is 37.3 Å². The molecule has 0 aliphatic carbocycles. The molecular formula is C21H29N3O3. The van der Waals surface area contributed by atoms with E-state index in [1.54, 1.807) is 14.2 Å². The fourth-order valence-electron chi connectivity index (χ4n) is 2.51. The van der Waals surface area contributed by atoms with Crippen molar-refractivity contribution in [2.24, 2.45) is 4.99 Å². The lowest BCUT2D eigenvalue weighted by Crippen LogP contribution is -2.39. The molecule has 6 nitrogen and oxygen atoms in total. The molecule has 146 valence electrons. The number of hydrogen-bond donors (Lipinski definition) is 2. The molecule has 2 N–H and O–H groups in total. The van der Waals surface area contributed by atoms with Crippen LogP contribution in [0.25, 0.3) is 0 Å². The number of benzene rings is 2. The second kappa shape index (κ2) is 11.8. The van der Waals surface area contributed by atoms with Gasteiger partial charge in [0.25, 0.3) is 0 Å². The van der Waals surface area contributed by atoms with E-state index in [1.165, 1.54) is 0 Å². The van der Waals surface area contributed by atoms with Crippen molar-refractivity contribution in [2.45, 2.75) is 20.1 Å². The summed E-state index contributed by atoms with van der Waals surface area (Å²) in [5, 5.41) is 6.54. The highest BCUT2D eigenvalue weighted by molar-refractivity contribution is 5.79. The van der Waals surface area contributed by atoms with Crippen LogP contribution in [0, 0.1) is 0 Å². The monoisotopic (exact) mass is 371 g/mol. The summed E-state index contributed by atoms with van der Waals surface area (Å²) < 4.78 is 16.0. The van der Waals surface area contributed by atoms with Crippen molar-refractivity contribution >= 4 is 5.96 Å². The largest absolute Gasteiger partial charge is 0.497 e. The average Bonchev–Trinajstić information content (AvgIpc) is 2.70. The lowest BCUT2D eigenvalue weighted by Gasteiger charge is -2.12. The molecular weight excluding hydrogens is 342 g/mol. The molecule has 0 saturated heterocycles. The molecule has 0 radical (unpaired) electrons. The van der Waals surface area contributed by atoms with Crippen LogP contribution in [0.4, 0.5) is 0 Å². The maximum absolute atomic E-state index is 5.72. The van der Waals surface area contributed by atoms with Crippen molar-refractivity contribution in [1.29, 1.82) is 0 Å². The molecule has 0 atom stereocenters. The molecule has 0 amide bonds. The van der Waals surface area contributed by atoms with Crippen LogP contribution in [-0.2, 0) is 17.9 Å². The van der Waals surface area contributed by atoms with Crippen LogP contribution in [0.15, 0.2) is 53.5 Å². The van der Waals surface area contributed by atoms with E-state index in [9.17, 15) is 0 Å². The predicted octanol–water partition coefficient (Wildman–Crippen LogP) is 2.98. The number of guanidine groups is 1. The second-order valence-electron chi connectivity index (χ2n) is 5.90. The lowest BCUT2D eigenvalue weighted by atomic mass is 10.1. The molecule has 0 fully saturated rings. The summed E-state index contributed by atoms with van der Waals surface area (Å²) in [5.74, 6) is 2.40. The summed E-state index contributed by atoms with van der Waals surface area (Å²) >= 11 is 0. The third-order valence-electron chi connectivity index (χ3n) is 3.79. The van der Waals surface area contributed by atoms with E-state index in [-0.39, 0.29) is 0 Å². The van der Waals surface area contributed by atoms with Crippen molar-refractivity contribution < 1.29 is 14.2 Å². The summed E-state index contributed by atoms with van der Waals surface area (Å²) in [6.45, 7) is 5.26. The molecule has 0 spiro atoms. The first-order valence-electron chi connectivity index (χ1n) is 9.11. The van der Waals surface area contributed by atoms with Gasteiger partial charge in [-0.1, -0.05) is 24.3 Å². The van der Waals surface area contributed by atoms with E-state index >= 15 is 0 Å². The van der Waals surface area contributed by atoms with Crippen molar-refractivity contribution in [2.75, 3.05) is 33.9 Å². The zero-order valence-electron chi connectivity index (χ0n) is 16.3. The van der Waals surface area contributed by atoms with Gasteiger partial charge in [-0.2, -0.15) is 0 Å². The molecule has 0 aliphatic rings. The third kappa shape index (κ3) is 7.58. The number of aliphatic imine (C=N–C) groups is 1. The van der Waals surface area contributed by atoms with Crippen LogP contribution < -0.4 is 20.1 Å². The Morgan fingerprint density at radius 3 is 2.41 bits per heavy atom. The first-order valence-corrected chi connectivity index (χ1v) is 9.11. The summed E-state index contributed by atoms with van der Waals surface area (Å²) in [4.78, 5) is 4.63. The Morgan fingerprint density at radius 1 is 0.963 bits per heavy atom. The molecule has 2 aromatic rings. The van der Waals surface area contributed by atoms with Crippen molar-refractivity contribution in [3.05, 3.63) is 59.7 Å². The fraction of sp³-hybridized carbons (Fsp3) is 0.381. The summed E-state index contributed by atoms with van der Waals surface area (Å²) in [6, 6.07) is 15.8. The van der Waals surface area contributed by atoms with Gasteiger partial charge in [0.05, 0.1) is 26.8 Å². The molecule has 0 aliphatic heterocycles. The minimum atomic E-state index is 0.542. The Kier molecular flexibility index (Phi) is 9.00. The van der Waals surface area contributed by atoms with Gasteiger partial charge in [-0.25, -0.2) is 4.99 Å². The van der Waals surface area contributed by atoms with Crippen LogP contribution in [-0.4, -0.2) is 39.9 Å². The number of nitrogens with one attached hydrogen (secondary N) is 2. The number of hydrogen-bond acceptors (Lipinski definition) is 4. The number of rotatable bonds is 10. The Hall–Kier alpha value is -2.73. The Balaban J connectivity index is 1.81. The number of nitrogens with zero attached hydrogens (tertiary/aromatic N) is 1. The fourth-order valence-corrected chi connectivity index (χ4v) is 2.51. The molecule has 6 heteroatoms. The highest BCUT2D eigenvalue weighted by Gasteiger charge is 2.00. The molecule has 0 saturated carbocycles. The molecule has 0 aromatic heterocycles. The van der Waals surface area contributed by atoms with Gasteiger partial charge in [-0.05, 0) is 42.3 Å². The molecule has 27 heavy (non-hydrogen) atoms. The second-order valence-corrected chi connectivity index (χ2v) is 5.90. The first kappa shape index (κ1) is 20.6. The van der Waals surface area contributed by atoms with Gasteiger partial charge >= 0.3 is 0 Å². The van der Waals surface area contributed by atoms with Gasteiger partial charge in [0.1, 0.15) is 18.1 Å². The smallest absolute Gasteiger partial charge is 0.191 e. The van der Waals surface area contributed by atoms with Gasteiger partial charge in [-0.3, -0.25) is 0 Å². The third-order valence-corrected chi connectivity index (χ3v) is 3.79. The summed E-state index contributed by atoms with van der Waals surface area (Å²) in [6.07, 6.45) is 0. The van der Waals surface area contributed by atoms with Crippen LogP contribution in [0.5, 0.6) is 11.5 Å². The van der Waals surface area contributed by atoms with Gasteiger partial charge in [0.15, 0.2) is 5.96 Å². The molecule has 2 rings (SSSR count). The SMILES string of the molecule is CCNC(=NCc1cccc(COC)c1)NCCOc1ccc(OC)cc1. The predicted molar refractivity (Wildman–Crippen MR) is 108 cm³/mol. The van der Waals surface area contributed by atoms with E-state index in [4.69, 9.17) is 14.2 Å². The molecule has 0 bridgehead atoms. The van der Waals surface area contributed by atoms with Crippen molar-refractivity contribution in [1.82, 2.24) is 10.6 Å². The van der Waals surface area contributed by atoms with Crippen LogP contribution in [0.2, 0.25) is 0 Å². The standard InChI is InChI=1S/C21H29N3O3/c1-4-22-21(24-15-17-6-5-7-18(14-17)16-25-2)23-12-13-27-20-10-8-19(26-3)9-11-20/h5-11,14H,4,12-13,15-16H2,1-3H3,(H2,22,23,24). The molecule has 2 aromatic carbocycles. The lowest BCUT2D eigenvalue weighted by molar-refractivity contribution is 0.185. The Bertz CT molecular complexity index is 702. The Labute approximate surface area is 161 Å². The average molecular weight is 371 g/mol. The summed E-state index contributed by atoms with van der Waals surface area (Å²) in [5.41, 5.74) is 2.30. The van der Waals surface area contributed by atoms with Crippen LogP contribution in [0.1, 0.15) is 18.1 Å². The van der Waals surface area contributed by atoms with Gasteiger partial charge in [0.2, 0.25) is 0 Å². The van der Waals surface area contributed by atoms with Gasteiger partial charge in [0, 0.05) is 13.7 Å². The zero-order valence-corrected chi connectivity index (χ0v) is 16.3. The molecule has 0 heterocycles. The topological polar surface area (TPSA) is 64.1 Å². The van der Waals surface area contributed by atoms with E-state index < -0.39 is 0 Å². The van der Waals surface area contributed by atoms with Gasteiger partial charge in [-0.15, -0.1) is 0 Å². The quantitative estimate of drug-likeness (QED) is 0.382. The molecule has 0 unspecified atom stereocenters. The highest BCUT2D eigenvalue weighted by atomic mass is 16.5. The van der Waals surface area contributed by atoms with Crippen LogP contribution in [0.3, 0.4) is 0 Å². The van der Waals surface area contributed by atoms with Crippen LogP contribution >= 0.6 is 0 Å². The number of ether oxygens (including phenoxy) is 3. The normalized spacial score (nSPS) is 11.1. The summed E-state index contributed by atoms with van der Waals surface area (Å²) in [7, 11) is 3.35. The maximum atomic E-state index is 5.72.